The fourth-order valence-electron chi connectivity index (χ4n) is 2.63. The standard InChI is InChI=1S/C14H21FN4O3S/c1-9-14(10(2)18-17-9)23(21,22)19(3)8-13(20)16-12-7-5-4-6-11(12)15/h4-7,9-10,14,17-18H,8H2,1-3H3,(H,16,20). The highest BCUT2D eigenvalue weighted by Crippen LogP contribution is 2.19. The molecule has 1 aliphatic heterocycles. The molecule has 1 heterocycles. The molecule has 1 aromatic rings. The summed E-state index contributed by atoms with van der Waals surface area (Å²) >= 11 is 0. The molecule has 1 saturated heterocycles. The van der Waals surface area contributed by atoms with Gasteiger partial charge in [0.2, 0.25) is 15.9 Å². The van der Waals surface area contributed by atoms with E-state index in [4.69, 9.17) is 0 Å². The molecular formula is C14H21FN4O3S. The average molecular weight is 344 g/mol. The van der Waals surface area contributed by atoms with Crippen LogP contribution < -0.4 is 16.2 Å². The van der Waals surface area contributed by atoms with Gasteiger partial charge in [0.05, 0.1) is 12.2 Å². The zero-order valence-electron chi connectivity index (χ0n) is 13.2. The summed E-state index contributed by atoms with van der Waals surface area (Å²) in [6, 6.07) is 5.15. The molecule has 1 aromatic carbocycles. The number of halogens is 1. The summed E-state index contributed by atoms with van der Waals surface area (Å²) in [7, 11) is -2.34. The number of amides is 1. The van der Waals surface area contributed by atoms with Crippen LogP contribution in [0, 0.1) is 5.82 Å². The van der Waals surface area contributed by atoms with E-state index in [-0.39, 0.29) is 24.3 Å². The van der Waals surface area contributed by atoms with E-state index in [1.54, 1.807) is 19.9 Å². The van der Waals surface area contributed by atoms with Crippen molar-refractivity contribution in [2.45, 2.75) is 31.2 Å². The molecule has 0 spiro atoms. The van der Waals surface area contributed by atoms with Crippen molar-refractivity contribution in [2.24, 2.45) is 0 Å². The molecule has 9 heteroatoms. The Morgan fingerprint density at radius 3 is 2.39 bits per heavy atom. The summed E-state index contributed by atoms with van der Waals surface area (Å²) in [6.45, 7) is 3.13. The van der Waals surface area contributed by atoms with Gasteiger partial charge >= 0.3 is 0 Å². The van der Waals surface area contributed by atoms with Crippen LogP contribution in [0.15, 0.2) is 24.3 Å². The Kier molecular flexibility index (Phi) is 5.35. The zero-order valence-corrected chi connectivity index (χ0v) is 14.0. The van der Waals surface area contributed by atoms with Gasteiger partial charge in [-0.1, -0.05) is 12.1 Å². The predicted molar refractivity (Wildman–Crippen MR) is 85.6 cm³/mol. The van der Waals surface area contributed by atoms with E-state index in [9.17, 15) is 17.6 Å². The lowest BCUT2D eigenvalue weighted by molar-refractivity contribution is -0.116. The molecule has 128 valence electrons. The molecule has 0 saturated carbocycles. The van der Waals surface area contributed by atoms with Crippen LogP contribution in [-0.2, 0) is 14.8 Å². The number of rotatable bonds is 5. The number of carbonyl (C=O) groups excluding carboxylic acids is 1. The van der Waals surface area contributed by atoms with Crippen LogP contribution in [0.4, 0.5) is 10.1 Å². The second-order valence-corrected chi connectivity index (χ2v) is 7.86. The number of hydrogen-bond acceptors (Lipinski definition) is 5. The number of nitrogens with zero attached hydrogens (tertiary/aromatic N) is 1. The highest BCUT2D eigenvalue weighted by molar-refractivity contribution is 7.89. The molecule has 0 radical (unpaired) electrons. The number of hydrogen-bond donors (Lipinski definition) is 3. The normalized spacial score (nSPS) is 24.8. The Morgan fingerprint density at radius 2 is 1.83 bits per heavy atom. The molecule has 3 N–H and O–H groups in total. The van der Waals surface area contributed by atoms with Gasteiger partial charge in [-0.3, -0.25) is 15.6 Å². The molecule has 1 amide bonds. The lowest BCUT2D eigenvalue weighted by atomic mass is 10.2. The van der Waals surface area contributed by atoms with E-state index in [0.29, 0.717) is 0 Å². The molecule has 7 nitrogen and oxygen atoms in total. The Balaban J connectivity index is 2.04. The van der Waals surface area contributed by atoms with Gasteiger partial charge in [0, 0.05) is 19.1 Å². The summed E-state index contributed by atoms with van der Waals surface area (Å²) in [5, 5.41) is 1.69. The minimum absolute atomic E-state index is 0.0224. The fourth-order valence-corrected chi connectivity index (χ4v) is 4.51. The van der Waals surface area contributed by atoms with Crippen LogP contribution in [-0.4, -0.2) is 49.6 Å². The Morgan fingerprint density at radius 1 is 1.26 bits per heavy atom. The van der Waals surface area contributed by atoms with Crippen LogP contribution in [0.2, 0.25) is 0 Å². The number of hydrazine groups is 1. The molecule has 1 fully saturated rings. The van der Waals surface area contributed by atoms with E-state index < -0.39 is 27.0 Å². The first-order chi connectivity index (χ1) is 10.7. The molecule has 2 unspecified atom stereocenters. The maximum Gasteiger partial charge on any atom is 0.239 e. The molecule has 23 heavy (non-hydrogen) atoms. The number of sulfonamides is 1. The van der Waals surface area contributed by atoms with E-state index in [0.717, 1.165) is 4.31 Å². The maximum absolute atomic E-state index is 13.5. The zero-order chi connectivity index (χ0) is 17.2. The second-order valence-electron chi connectivity index (χ2n) is 5.66. The lowest BCUT2D eigenvalue weighted by Gasteiger charge is -2.25. The monoisotopic (exact) mass is 344 g/mol. The van der Waals surface area contributed by atoms with Gasteiger partial charge in [-0.15, -0.1) is 0 Å². The fraction of sp³-hybridized carbons (Fsp3) is 0.500. The van der Waals surface area contributed by atoms with Gasteiger partial charge in [0.25, 0.3) is 0 Å². The van der Waals surface area contributed by atoms with Gasteiger partial charge in [-0.2, -0.15) is 4.31 Å². The SMILES string of the molecule is CC1NNC(C)C1S(=O)(=O)N(C)CC(=O)Nc1ccccc1F. The third-order valence-electron chi connectivity index (χ3n) is 3.82. The van der Waals surface area contributed by atoms with Crippen LogP contribution in [0.3, 0.4) is 0 Å². The van der Waals surface area contributed by atoms with Crippen molar-refractivity contribution >= 4 is 21.6 Å². The topological polar surface area (TPSA) is 90.5 Å². The number of para-hydroxylation sites is 1. The van der Waals surface area contributed by atoms with E-state index in [2.05, 4.69) is 16.2 Å². The summed E-state index contributed by atoms with van der Waals surface area (Å²) < 4.78 is 39.7. The van der Waals surface area contributed by atoms with Crippen molar-refractivity contribution in [3.8, 4) is 0 Å². The highest BCUT2D eigenvalue weighted by atomic mass is 32.2. The van der Waals surface area contributed by atoms with Gasteiger partial charge in [-0.25, -0.2) is 12.8 Å². The van der Waals surface area contributed by atoms with Crippen LogP contribution in [0.25, 0.3) is 0 Å². The lowest BCUT2D eigenvalue weighted by Crippen LogP contribution is -2.47. The van der Waals surface area contributed by atoms with Crippen molar-refractivity contribution in [1.29, 1.82) is 0 Å². The molecule has 0 aliphatic carbocycles. The third-order valence-corrected chi connectivity index (χ3v) is 6.32. The van der Waals surface area contributed by atoms with Crippen LogP contribution >= 0.6 is 0 Å². The van der Waals surface area contributed by atoms with Crippen molar-refractivity contribution in [2.75, 3.05) is 18.9 Å². The molecular weight excluding hydrogens is 323 g/mol. The van der Waals surface area contributed by atoms with Crippen molar-refractivity contribution in [1.82, 2.24) is 15.2 Å². The molecule has 2 atom stereocenters. The number of likely N-dealkylation sites (N-methyl/N-ethyl adjacent to an activating group) is 1. The van der Waals surface area contributed by atoms with Crippen molar-refractivity contribution in [3.05, 3.63) is 30.1 Å². The van der Waals surface area contributed by atoms with E-state index in [1.165, 1.54) is 25.2 Å². The summed E-state index contributed by atoms with van der Waals surface area (Å²) in [4.78, 5) is 12.0. The van der Waals surface area contributed by atoms with Gasteiger partial charge in [0.15, 0.2) is 0 Å². The Hall–Kier alpha value is -1.55. The predicted octanol–water partition coefficient (Wildman–Crippen LogP) is 0.279. The number of carbonyl (C=O) groups is 1. The van der Waals surface area contributed by atoms with Gasteiger partial charge in [0.1, 0.15) is 11.1 Å². The quantitative estimate of drug-likeness (QED) is 0.714. The van der Waals surface area contributed by atoms with Crippen molar-refractivity contribution < 1.29 is 17.6 Å². The first-order valence-electron chi connectivity index (χ1n) is 7.24. The van der Waals surface area contributed by atoms with E-state index in [1.807, 2.05) is 0 Å². The molecule has 0 bridgehead atoms. The van der Waals surface area contributed by atoms with Gasteiger partial charge in [-0.05, 0) is 26.0 Å². The first-order valence-corrected chi connectivity index (χ1v) is 8.74. The molecule has 2 rings (SSSR count). The third kappa shape index (κ3) is 3.86. The number of anilines is 1. The number of nitrogens with one attached hydrogen (secondary N) is 3. The average Bonchev–Trinajstić information content (AvgIpc) is 2.81. The van der Waals surface area contributed by atoms with Crippen molar-refractivity contribution in [3.63, 3.8) is 0 Å². The first kappa shape index (κ1) is 17.8. The molecule has 1 aliphatic rings. The summed E-state index contributed by atoms with van der Waals surface area (Å²) in [5.41, 5.74) is 5.77. The number of benzene rings is 1. The van der Waals surface area contributed by atoms with Crippen LogP contribution in [0.1, 0.15) is 13.8 Å². The smallest absolute Gasteiger partial charge is 0.239 e. The molecule has 0 aromatic heterocycles. The second kappa shape index (κ2) is 6.91. The maximum atomic E-state index is 13.5. The minimum Gasteiger partial charge on any atom is -0.322 e. The van der Waals surface area contributed by atoms with E-state index >= 15 is 0 Å². The summed E-state index contributed by atoms with van der Waals surface area (Å²) in [5.74, 6) is -1.17. The van der Waals surface area contributed by atoms with Gasteiger partial charge < -0.3 is 5.32 Å². The van der Waals surface area contributed by atoms with Crippen LogP contribution in [0.5, 0.6) is 0 Å². The Bertz CT molecular complexity index is 672. The summed E-state index contributed by atoms with van der Waals surface area (Å²) in [6.07, 6.45) is 0. The minimum atomic E-state index is -3.68. The largest absolute Gasteiger partial charge is 0.322 e. The highest BCUT2D eigenvalue weighted by Gasteiger charge is 2.42. The Labute approximate surface area is 135 Å².